The van der Waals surface area contributed by atoms with Crippen molar-refractivity contribution in [1.29, 1.82) is 0 Å². The fourth-order valence-corrected chi connectivity index (χ4v) is 3.95. The minimum atomic E-state index is -4.36. The number of urea groups is 1. The van der Waals surface area contributed by atoms with Crippen molar-refractivity contribution in [3.05, 3.63) is 65.2 Å². The highest BCUT2D eigenvalue weighted by Gasteiger charge is 2.33. The lowest BCUT2D eigenvalue weighted by atomic mass is 10.1. The van der Waals surface area contributed by atoms with Gasteiger partial charge < -0.3 is 10.2 Å². The number of carbonyl (C=O) groups excluding carboxylic acids is 1. The number of hydrogen-bond donors (Lipinski definition) is 1. The number of para-hydroxylation sites is 1. The zero-order valence-corrected chi connectivity index (χ0v) is 14.3. The molecule has 7 heteroatoms. The van der Waals surface area contributed by atoms with E-state index in [1.165, 1.54) is 12.1 Å². The van der Waals surface area contributed by atoms with Crippen LogP contribution in [0.15, 0.2) is 48.5 Å². The van der Waals surface area contributed by atoms with Crippen LogP contribution in [0.2, 0.25) is 0 Å². The number of benzene rings is 2. The molecule has 0 saturated carbocycles. The van der Waals surface area contributed by atoms with Crippen molar-refractivity contribution in [2.75, 3.05) is 17.6 Å². The summed E-state index contributed by atoms with van der Waals surface area (Å²) in [5, 5.41) is 2.60. The highest BCUT2D eigenvalue weighted by Crippen LogP contribution is 2.39. The van der Waals surface area contributed by atoms with Crippen molar-refractivity contribution in [2.24, 2.45) is 0 Å². The zero-order valence-electron chi connectivity index (χ0n) is 13.5. The standard InChI is InChI=1S/C18H17F3N2OS/c1-12-4-2-3-5-15(12)22-17(24)23-10-11-25-16(23)13-6-8-14(9-7-13)18(19,20)21/h2-9,16H,10-11H2,1H3,(H,22,24)/t16-/m1/s1. The number of halogens is 3. The lowest BCUT2D eigenvalue weighted by Gasteiger charge is -2.25. The maximum Gasteiger partial charge on any atom is 0.416 e. The Morgan fingerprint density at radius 3 is 2.48 bits per heavy atom. The normalized spacial score (nSPS) is 17.6. The predicted molar refractivity (Wildman–Crippen MR) is 93.5 cm³/mol. The van der Waals surface area contributed by atoms with Gasteiger partial charge in [0.05, 0.1) is 5.56 Å². The topological polar surface area (TPSA) is 32.3 Å². The molecule has 2 amide bonds. The molecule has 1 fully saturated rings. The Kier molecular flexibility index (Phi) is 4.94. The van der Waals surface area contributed by atoms with Gasteiger partial charge in [0.2, 0.25) is 0 Å². The number of carbonyl (C=O) groups is 1. The Labute approximate surface area is 148 Å². The first kappa shape index (κ1) is 17.7. The lowest BCUT2D eigenvalue weighted by Crippen LogP contribution is -2.34. The first-order valence-electron chi connectivity index (χ1n) is 7.78. The molecule has 0 radical (unpaired) electrons. The highest BCUT2D eigenvalue weighted by atomic mass is 32.2. The smallest absolute Gasteiger partial charge is 0.308 e. The molecule has 2 aromatic carbocycles. The van der Waals surface area contributed by atoms with Gasteiger partial charge in [0.15, 0.2) is 0 Å². The molecular weight excluding hydrogens is 349 g/mol. The number of nitrogens with one attached hydrogen (secondary N) is 1. The number of amides is 2. The number of rotatable bonds is 2. The van der Waals surface area contributed by atoms with E-state index in [2.05, 4.69) is 5.32 Å². The third kappa shape index (κ3) is 3.92. The number of anilines is 1. The van der Waals surface area contributed by atoms with Crippen molar-refractivity contribution in [3.8, 4) is 0 Å². The maximum atomic E-state index is 12.7. The van der Waals surface area contributed by atoms with Gasteiger partial charge in [0.25, 0.3) is 0 Å². The Bertz CT molecular complexity index is 762. The second kappa shape index (κ2) is 7.00. The molecule has 0 spiro atoms. The first-order valence-corrected chi connectivity index (χ1v) is 8.83. The number of nitrogens with zero attached hydrogens (tertiary/aromatic N) is 1. The second-order valence-corrected chi connectivity index (χ2v) is 6.97. The van der Waals surface area contributed by atoms with Gasteiger partial charge >= 0.3 is 12.2 Å². The average molecular weight is 366 g/mol. The molecule has 0 unspecified atom stereocenters. The third-order valence-corrected chi connectivity index (χ3v) is 5.32. The summed E-state index contributed by atoms with van der Waals surface area (Å²) in [6, 6.07) is 12.2. The van der Waals surface area contributed by atoms with Crippen LogP contribution < -0.4 is 5.32 Å². The molecule has 25 heavy (non-hydrogen) atoms. The van der Waals surface area contributed by atoms with Crippen molar-refractivity contribution in [3.63, 3.8) is 0 Å². The van der Waals surface area contributed by atoms with Crippen LogP contribution in [0.3, 0.4) is 0 Å². The van der Waals surface area contributed by atoms with E-state index in [0.29, 0.717) is 12.1 Å². The quantitative estimate of drug-likeness (QED) is 0.783. The number of hydrogen-bond acceptors (Lipinski definition) is 2. The molecule has 1 aliphatic rings. The Hall–Kier alpha value is -2.15. The summed E-state index contributed by atoms with van der Waals surface area (Å²) in [7, 11) is 0. The summed E-state index contributed by atoms with van der Waals surface area (Å²) in [5.74, 6) is 0.743. The molecule has 1 aliphatic heterocycles. The van der Waals surface area contributed by atoms with E-state index >= 15 is 0 Å². The number of thioether (sulfide) groups is 1. The van der Waals surface area contributed by atoms with Gasteiger partial charge in [-0.25, -0.2) is 4.79 Å². The molecule has 1 atom stereocenters. The summed E-state index contributed by atoms with van der Waals surface area (Å²) < 4.78 is 38.1. The Morgan fingerprint density at radius 1 is 1.16 bits per heavy atom. The van der Waals surface area contributed by atoms with Crippen LogP contribution in [-0.2, 0) is 6.18 Å². The Morgan fingerprint density at radius 2 is 1.84 bits per heavy atom. The van der Waals surface area contributed by atoms with Gasteiger partial charge in [-0.15, -0.1) is 11.8 Å². The van der Waals surface area contributed by atoms with Crippen LogP contribution in [0.1, 0.15) is 22.1 Å². The second-order valence-electron chi connectivity index (χ2n) is 5.78. The maximum absolute atomic E-state index is 12.7. The molecule has 0 aromatic heterocycles. The van der Waals surface area contributed by atoms with E-state index < -0.39 is 11.7 Å². The minimum Gasteiger partial charge on any atom is -0.308 e. The van der Waals surface area contributed by atoms with E-state index in [0.717, 1.165) is 29.1 Å². The van der Waals surface area contributed by atoms with Crippen LogP contribution >= 0.6 is 11.8 Å². The molecule has 0 bridgehead atoms. The van der Waals surface area contributed by atoms with Crippen LogP contribution in [0.4, 0.5) is 23.7 Å². The van der Waals surface area contributed by atoms with Crippen LogP contribution in [0, 0.1) is 6.92 Å². The van der Waals surface area contributed by atoms with Gasteiger partial charge in [-0.3, -0.25) is 0 Å². The van der Waals surface area contributed by atoms with Crippen LogP contribution in [-0.4, -0.2) is 23.2 Å². The third-order valence-electron chi connectivity index (χ3n) is 4.06. The molecule has 1 heterocycles. The zero-order chi connectivity index (χ0) is 18.0. The summed E-state index contributed by atoms with van der Waals surface area (Å²) >= 11 is 1.54. The molecule has 1 N–H and O–H groups in total. The summed E-state index contributed by atoms with van der Waals surface area (Å²) in [4.78, 5) is 14.3. The Balaban J connectivity index is 1.76. The van der Waals surface area contributed by atoms with Crippen LogP contribution in [0.25, 0.3) is 0 Å². The molecule has 2 aromatic rings. The number of aryl methyl sites for hydroxylation is 1. The molecule has 1 saturated heterocycles. The number of alkyl halides is 3. The summed E-state index contributed by atoms with van der Waals surface area (Å²) in [6.07, 6.45) is -4.36. The van der Waals surface area contributed by atoms with E-state index in [1.807, 2.05) is 31.2 Å². The van der Waals surface area contributed by atoms with Gasteiger partial charge in [-0.05, 0) is 36.2 Å². The molecule has 0 aliphatic carbocycles. The fraction of sp³-hybridized carbons (Fsp3) is 0.278. The molecular formula is C18H17F3N2OS. The average Bonchev–Trinajstić information content (AvgIpc) is 3.06. The SMILES string of the molecule is Cc1ccccc1NC(=O)N1CCS[C@@H]1c1ccc(C(F)(F)F)cc1. The van der Waals surface area contributed by atoms with Crippen molar-refractivity contribution >= 4 is 23.5 Å². The van der Waals surface area contributed by atoms with E-state index in [4.69, 9.17) is 0 Å². The highest BCUT2D eigenvalue weighted by molar-refractivity contribution is 7.99. The molecule has 3 rings (SSSR count). The van der Waals surface area contributed by atoms with Gasteiger partial charge in [-0.1, -0.05) is 30.3 Å². The van der Waals surface area contributed by atoms with Crippen molar-refractivity contribution in [2.45, 2.75) is 18.5 Å². The monoisotopic (exact) mass is 366 g/mol. The van der Waals surface area contributed by atoms with E-state index in [-0.39, 0.29) is 11.4 Å². The van der Waals surface area contributed by atoms with Crippen molar-refractivity contribution < 1.29 is 18.0 Å². The van der Waals surface area contributed by atoms with Gasteiger partial charge in [0.1, 0.15) is 5.37 Å². The summed E-state index contributed by atoms with van der Waals surface area (Å²) in [6.45, 7) is 2.45. The van der Waals surface area contributed by atoms with E-state index in [1.54, 1.807) is 16.7 Å². The lowest BCUT2D eigenvalue weighted by molar-refractivity contribution is -0.137. The summed E-state index contributed by atoms with van der Waals surface area (Å²) in [5.41, 5.74) is 1.69. The van der Waals surface area contributed by atoms with Gasteiger partial charge in [-0.2, -0.15) is 13.2 Å². The molecule has 3 nitrogen and oxygen atoms in total. The largest absolute Gasteiger partial charge is 0.416 e. The van der Waals surface area contributed by atoms with Gasteiger partial charge in [0, 0.05) is 18.0 Å². The van der Waals surface area contributed by atoms with Crippen molar-refractivity contribution in [1.82, 2.24) is 4.90 Å². The fourth-order valence-electron chi connectivity index (χ4n) is 2.69. The first-order chi connectivity index (χ1) is 11.9. The predicted octanol–water partition coefficient (Wildman–Crippen LogP) is 5.29. The minimum absolute atomic E-state index is 0.246. The molecule has 132 valence electrons. The van der Waals surface area contributed by atoms with Crippen LogP contribution in [0.5, 0.6) is 0 Å². The van der Waals surface area contributed by atoms with E-state index in [9.17, 15) is 18.0 Å².